The molecule has 0 aliphatic heterocycles. The van der Waals surface area contributed by atoms with Crippen LogP contribution < -0.4 is 25.1 Å². The Morgan fingerprint density at radius 2 is 1.52 bits per heavy atom. The Morgan fingerprint density at radius 1 is 0.957 bits per heavy atom. The van der Waals surface area contributed by atoms with Gasteiger partial charge in [0.05, 0.1) is 21.3 Å². The van der Waals surface area contributed by atoms with Gasteiger partial charge in [0.25, 0.3) is 11.8 Å². The largest absolute Gasteiger partial charge is 0.493 e. The molecule has 1 rings (SSSR count). The second-order valence-electron chi connectivity index (χ2n) is 4.03. The average Bonchev–Trinajstić information content (AvgIpc) is 2.56. The van der Waals surface area contributed by atoms with Gasteiger partial charge in [-0.2, -0.15) is 0 Å². The standard InChI is InChI=1S/C14H16N2O7/c1-21-9-6-8(7-10(22-2)13(9)23-3)14(20)16-15-11(17)4-5-12(18)19/h4-7H,1-3H3,(H,15,17)(H,16,20)(H,18,19). The maximum atomic E-state index is 12.0. The molecule has 9 heteroatoms. The summed E-state index contributed by atoms with van der Waals surface area (Å²) in [6.45, 7) is 0. The van der Waals surface area contributed by atoms with Crippen molar-refractivity contribution in [2.75, 3.05) is 21.3 Å². The SMILES string of the molecule is COc1cc(C(=O)NNC(=O)C=CC(=O)O)cc(OC)c1OC. The lowest BCUT2D eigenvalue weighted by atomic mass is 10.1. The van der Waals surface area contributed by atoms with E-state index in [1.165, 1.54) is 33.5 Å². The highest BCUT2D eigenvalue weighted by Crippen LogP contribution is 2.38. The van der Waals surface area contributed by atoms with E-state index in [1.54, 1.807) is 0 Å². The first kappa shape index (κ1) is 17.8. The molecule has 0 atom stereocenters. The van der Waals surface area contributed by atoms with Gasteiger partial charge in [-0.05, 0) is 12.1 Å². The average molecular weight is 324 g/mol. The molecular weight excluding hydrogens is 308 g/mol. The highest BCUT2D eigenvalue weighted by Gasteiger charge is 2.17. The summed E-state index contributed by atoms with van der Waals surface area (Å²) in [6, 6.07) is 2.80. The highest BCUT2D eigenvalue weighted by atomic mass is 16.5. The lowest BCUT2D eigenvalue weighted by Crippen LogP contribution is -2.40. The van der Waals surface area contributed by atoms with Crippen molar-refractivity contribution < 1.29 is 33.7 Å². The van der Waals surface area contributed by atoms with Gasteiger partial charge in [0.1, 0.15) is 0 Å². The molecule has 0 spiro atoms. The summed E-state index contributed by atoms with van der Waals surface area (Å²) in [5.74, 6) is -1.87. The number of carbonyl (C=O) groups is 3. The van der Waals surface area contributed by atoms with Gasteiger partial charge in [-0.3, -0.25) is 20.4 Å². The zero-order chi connectivity index (χ0) is 17.4. The highest BCUT2D eigenvalue weighted by molar-refractivity contribution is 5.99. The quantitative estimate of drug-likeness (QED) is 0.501. The minimum absolute atomic E-state index is 0.141. The summed E-state index contributed by atoms with van der Waals surface area (Å²) < 4.78 is 15.4. The Morgan fingerprint density at radius 3 is 1.96 bits per heavy atom. The smallest absolute Gasteiger partial charge is 0.328 e. The van der Waals surface area contributed by atoms with Gasteiger partial charge in [-0.15, -0.1) is 0 Å². The number of hydrogen-bond acceptors (Lipinski definition) is 6. The molecule has 0 bridgehead atoms. The number of hydrogen-bond donors (Lipinski definition) is 3. The first-order valence-corrected chi connectivity index (χ1v) is 6.24. The predicted molar refractivity (Wildman–Crippen MR) is 78.5 cm³/mol. The topological polar surface area (TPSA) is 123 Å². The molecule has 0 heterocycles. The van der Waals surface area contributed by atoms with E-state index in [1.807, 2.05) is 5.43 Å². The third-order valence-corrected chi connectivity index (χ3v) is 2.60. The number of ether oxygens (including phenoxy) is 3. The minimum Gasteiger partial charge on any atom is -0.493 e. The molecule has 0 aliphatic carbocycles. The van der Waals surface area contributed by atoms with Gasteiger partial charge in [0, 0.05) is 17.7 Å². The predicted octanol–water partition coefficient (Wildman–Crippen LogP) is 0.114. The van der Waals surface area contributed by atoms with Crippen LogP contribution in [-0.4, -0.2) is 44.2 Å². The Hall–Kier alpha value is -3.23. The molecular formula is C14H16N2O7. The van der Waals surface area contributed by atoms with Crippen molar-refractivity contribution >= 4 is 17.8 Å². The molecule has 0 aliphatic rings. The van der Waals surface area contributed by atoms with Crippen LogP contribution in [0.5, 0.6) is 17.2 Å². The molecule has 0 saturated heterocycles. The summed E-state index contributed by atoms with van der Waals surface area (Å²) in [5, 5.41) is 8.39. The lowest BCUT2D eigenvalue weighted by molar-refractivity contribution is -0.131. The molecule has 3 N–H and O–H groups in total. The molecule has 1 aromatic rings. The van der Waals surface area contributed by atoms with Gasteiger partial charge in [0.15, 0.2) is 11.5 Å². The van der Waals surface area contributed by atoms with E-state index in [0.29, 0.717) is 11.8 Å². The number of benzene rings is 1. The van der Waals surface area contributed by atoms with Crippen LogP contribution in [0, 0.1) is 0 Å². The van der Waals surface area contributed by atoms with Crippen molar-refractivity contribution in [3.8, 4) is 17.2 Å². The van der Waals surface area contributed by atoms with E-state index < -0.39 is 17.8 Å². The zero-order valence-electron chi connectivity index (χ0n) is 12.7. The first-order chi connectivity index (χ1) is 10.9. The number of rotatable bonds is 6. The second-order valence-corrected chi connectivity index (χ2v) is 4.03. The number of amides is 2. The monoisotopic (exact) mass is 324 g/mol. The molecule has 0 fully saturated rings. The fourth-order valence-electron chi connectivity index (χ4n) is 1.59. The van der Waals surface area contributed by atoms with E-state index in [-0.39, 0.29) is 17.1 Å². The van der Waals surface area contributed by atoms with Crippen LogP contribution in [0.15, 0.2) is 24.3 Å². The van der Waals surface area contributed by atoms with Gasteiger partial charge in [-0.25, -0.2) is 4.79 Å². The lowest BCUT2D eigenvalue weighted by Gasteiger charge is -2.14. The molecule has 0 radical (unpaired) electrons. The Kier molecular flexibility index (Phi) is 6.41. The van der Waals surface area contributed by atoms with Crippen molar-refractivity contribution in [1.29, 1.82) is 0 Å². The minimum atomic E-state index is -1.28. The molecule has 0 unspecified atom stereocenters. The van der Waals surface area contributed by atoms with E-state index >= 15 is 0 Å². The van der Waals surface area contributed by atoms with Crippen molar-refractivity contribution in [1.82, 2.24) is 10.9 Å². The van der Waals surface area contributed by atoms with Crippen LogP contribution in [0.2, 0.25) is 0 Å². The summed E-state index contributed by atoms with van der Waals surface area (Å²) in [5.41, 5.74) is 4.31. The van der Waals surface area contributed by atoms with E-state index in [2.05, 4.69) is 5.43 Å². The van der Waals surface area contributed by atoms with Gasteiger partial charge < -0.3 is 19.3 Å². The van der Waals surface area contributed by atoms with Gasteiger partial charge >= 0.3 is 5.97 Å². The molecule has 9 nitrogen and oxygen atoms in total. The summed E-state index contributed by atoms with van der Waals surface area (Å²) >= 11 is 0. The fourth-order valence-corrected chi connectivity index (χ4v) is 1.59. The zero-order valence-corrected chi connectivity index (χ0v) is 12.7. The Labute approximate surface area is 131 Å². The molecule has 1 aromatic carbocycles. The summed E-state index contributed by atoms with van der Waals surface area (Å²) in [6.07, 6.45) is 1.40. The van der Waals surface area contributed by atoms with Crippen molar-refractivity contribution in [3.63, 3.8) is 0 Å². The Bertz CT molecular complexity index is 615. The fraction of sp³-hybridized carbons (Fsp3) is 0.214. The van der Waals surface area contributed by atoms with Crippen molar-refractivity contribution in [2.24, 2.45) is 0 Å². The Balaban J connectivity index is 2.88. The number of carbonyl (C=O) groups excluding carboxylic acids is 2. The van der Waals surface area contributed by atoms with Crippen molar-refractivity contribution in [3.05, 3.63) is 29.8 Å². The number of nitrogens with one attached hydrogen (secondary N) is 2. The van der Waals surface area contributed by atoms with E-state index in [9.17, 15) is 14.4 Å². The number of hydrazine groups is 1. The van der Waals surface area contributed by atoms with Crippen LogP contribution in [0.4, 0.5) is 0 Å². The van der Waals surface area contributed by atoms with Crippen LogP contribution in [0.1, 0.15) is 10.4 Å². The third-order valence-electron chi connectivity index (χ3n) is 2.60. The molecule has 124 valence electrons. The number of carboxylic acids is 1. The van der Waals surface area contributed by atoms with Crippen LogP contribution >= 0.6 is 0 Å². The normalized spacial score (nSPS) is 10.0. The maximum Gasteiger partial charge on any atom is 0.328 e. The molecule has 23 heavy (non-hydrogen) atoms. The van der Waals surface area contributed by atoms with Crippen LogP contribution in [0.25, 0.3) is 0 Å². The summed E-state index contributed by atoms with van der Waals surface area (Å²) in [4.78, 5) is 33.6. The van der Waals surface area contributed by atoms with Crippen LogP contribution in [0.3, 0.4) is 0 Å². The third kappa shape index (κ3) is 4.92. The number of carboxylic acid groups (broad SMARTS) is 1. The maximum absolute atomic E-state index is 12.0. The number of aliphatic carboxylic acids is 1. The van der Waals surface area contributed by atoms with Gasteiger partial charge in [-0.1, -0.05) is 0 Å². The second kappa shape index (κ2) is 8.27. The molecule has 0 aromatic heterocycles. The van der Waals surface area contributed by atoms with E-state index in [0.717, 1.165) is 6.08 Å². The first-order valence-electron chi connectivity index (χ1n) is 6.24. The summed E-state index contributed by atoms with van der Waals surface area (Å²) in [7, 11) is 4.23. The molecule has 0 saturated carbocycles. The number of methoxy groups -OCH3 is 3. The van der Waals surface area contributed by atoms with E-state index in [4.69, 9.17) is 19.3 Å². The van der Waals surface area contributed by atoms with Crippen LogP contribution in [-0.2, 0) is 9.59 Å². The molecule has 2 amide bonds. The van der Waals surface area contributed by atoms with Gasteiger partial charge in [0.2, 0.25) is 5.75 Å². The van der Waals surface area contributed by atoms with Crippen molar-refractivity contribution in [2.45, 2.75) is 0 Å².